The fourth-order valence-corrected chi connectivity index (χ4v) is 1.12. The Balaban J connectivity index is 2.79. The monoisotopic (exact) mass is 174 g/mol. The molecule has 1 unspecified atom stereocenters. The van der Waals surface area contributed by atoms with Crippen molar-refractivity contribution >= 4 is 5.71 Å². The second kappa shape index (κ2) is 4.58. The Morgan fingerprint density at radius 3 is 2.54 bits per heavy atom. The zero-order valence-electron chi connectivity index (χ0n) is 7.70. The Morgan fingerprint density at radius 1 is 1.38 bits per heavy atom. The van der Waals surface area contributed by atoms with Crippen LogP contribution in [-0.4, -0.2) is 5.71 Å². The summed E-state index contributed by atoms with van der Waals surface area (Å²) in [6, 6.07) is 9.36. The second-order valence-corrected chi connectivity index (χ2v) is 2.84. The van der Waals surface area contributed by atoms with Gasteiger partial charge in [-0.1, -0.05) is 36.4 Å². The lowest BCUT2D eigenvalue weighted by Crippen LogP contribution is -2.18. The van der Waals surface area contributed by atoms with Gasteiger partial charge in [-0.25, -0.2) is 0 Å². The minimum Gasteiger partial charge on any atom is -0.319 e. The van der Waals surface area contributed by atoms with Crippen LogP contribution in [0.15, 0.2) is 42.5 Å². The Morgan fingerprint density at radius 2 is 2.00 bits per heavy atom. The molecule has 0 bridgehead atoms. The molecule has 0 fully saturated rings. The van der Waals surface area contributed by atoms with E-state index in [1.54, 1.807) is 6.08 Å². The molecule has 0 aliphatic heterocycles. The summed E-state index contributed by atoms with van der Waals surface area (Å²) in [7, 11) is 0. The number of nitrogens with two attached hydrogens (primary N) is 1. The zero-order valence-corrected chi connectivity index (χ0v) is 7.70. The van der Waals surface area contributed by atoms with Gasteiger partial charge >= 0.3 is 0 Å². The minimum absolute atomic E-state index is 0.308. The van der Waals surface area contributed by atoms with Crippen LogP contribution in [0.3, 0.4) is 0 Å². The first-order valence-electron chi connectivity index (χ1n) is 4.27. The first-order chi connectivity index (χ1) is 6.25. The Hall–Kier alpha value is -1.41. The minimum atomic E-state index is -0.308. The van der Waals surface area contributed by atoms with Crippen LogP contribution in [0.25, 0.3) is 0 Å². The predicted molar refractivity (Wildman–Crippen MR) is 55.9 cm³/mol. The van der Waals surface area contributed by atoms with Crippen LogP contribution < -0.4 is 5.73 Å². The van der Waals surface area contributed by atoms with Gasteiger partial charge in [0.15, 0.2) is 0 Å². The lowest BCUT2D eigenvalue weighted by Gasteiger charge is -2.09. The lowest BCUT2D eigenvalue weighted by molar-refractivity contribution is 0.956. The van der Waals surface area contributed by atoms with Crippen LogP contribution in [0.5, 0.6) is 0 Å². The molecular weight excluding hydrogens is 160 g/mol. The normalized spacial score (nSPS) is 13.1. The van der Waals surface area contributed by atoms with Crippen molar-refractivity contribution in [2.45, 2.75) is 13.0 Å². The molecule has 0 saturated carbocycles. The van der Waals surface area contributed by atoms with Gasteiger partial charge in [-0.05, 0) is 18.6 Å². The molecular formula is C11H14N2. The maximum atomic E-state index is 7.62. The SMILES string of the molecule is C/C=C\C(=N)C(N)c1ccccc1. The fraction of sp³-hybridized carbons (Fsp3) is 0.182. The van der Waals surface area contributed by atoms with E-state index >= 15 is 0 Å². The summed E-state index contributed by atoms with van der Waals surface area (Å²) in [6.45, 7) is 1.88. The molecule has 0 aliphatic carbocycles. The van der Waals surface area contributed by atoms with E-state index in [1.807, 2.05) is 43.3 Å². The van der Waals surface area contributed by atoms with Crippen LogP contribution in [-0.2, 0) is 0 Å². The van der Waals surface area contributed by atoms with Gasteiger partial charge in [-0.3, -0.25) is 0 Å². The largest absolute Gasteiger partial charge is 0.319 e. The van der Waals surface area contributed by atoms with Gasteiger partial charge in [0.2, 0.25) is 0 Å². The molecule has 3 N–H and O–H groups in total. The third kappa shape index (κ3) is 2.53. The molecule has 1 aromatic rings. The first kappa shape index (κ1) is 9.68. The summed E-state index contributed by atoms with van der Waals surface area (Å²) >= 11 is 0. The zero-order chi connectivity index (χ0) is 9.68. The van der Waals surface area contributed by atoms with Gasteiger partial charge in [0.05, 0.1) is 11.8 Å². The van der Waals surface area contributed by atoms with Gasteiger partial charge in [0.1, 0.15) is 0 Å². The summed E-state index contributed by atoms with van der Waals surface area (Å²) in [5.74, 6) is 0. The Bertz CT molecular complexity index is 301. The molecule has 0 saturated heterocycles. The van der Waals surface area contributed by atoms with E-state index in [-0.39, 0.29) is 6.04 Å². The van der Waals surface area contributed by atoms with Gasteiger partial charge in [0, 0.05) is 0 Å². The van der Waals surface area contributed by atoms with Gasteiger partial charge in [0.25, 0.3) is 0 Å². The van der Waals surface area contributed by atoms with Crippen LogP contribution in [0.2, 0.25) is 0 Å². The summed E-state index contributed by atoms with van der Waals surface area (Å²) in [6.07, 6.45) is 3.54. The molecule has 0 spiro atoms. The molecule has 0 amide bonds. The summed E-state index contributed by atoms with van der Waals surface area (Å²) < 4.78 is 0. The molecule has 0 aromatic heterocycles. The average Bonchev–Trinajstić information content (AvgIpc) is 2.18. The summed E-state index contributed by atoms with van der Waals surface area (Å²) in [5, 5.41) is 7.62. The van der Waals surface area contributed by atoms with Crippen molar-refractivity contribution < 1.29 is 0 Å². The molecule has 1 aromatic carbocycles. The topological polar surface area (TPSA) is 49.9 Å². The molecule has 68 valence electrons. The van der Waals surface area contributed by atoms with Crippen molar-refractivity contribution in [2.75, 3.05) is 0 Å². The standard InChI is InChI=1S/C11H14N2/c1-2-6-10(12)11(13)9-7-4-3-5-8-9/h2-8,11-12H,13H2,1H3/b6-2-,12-10?. The number of nitrogens with one attached hydrogen (secondary N) is 1. The maximum Gasteiger partial charge on any atom is 0.0719 e. The summed E-state index contributed by atoms with van der Waals surface area (Å²) in [4.78, 5) is 0. The van der Waals surface area contributed by atoms with Crippen molar-refractivity contribution in [3.05, 3.63) is 48.0 Å². The van der Waals surface area contributed by atoms with E-state index in [9.17, 15) is 0 Å². The molecule has 1 atom stereocenters. The predicted octanol–water partition coefficient (Wildman–Crippen LogP) is 2.28. The number of hydrogen-bond acceptors (Lipinski definition) is 2. The van der Waals surface area contributed by atoms with Crippen molar-refractivity contribution in [3.63, 3.8) is 0 Å². The van der Waals surface area contributed by atoms with Crippen LogP contribution in [0.4, 0.5) is 0 Å². The molecule has 13 heavy (non-hydrogen) atoms. The Kier molecular flexibility index (Phi) is 3.41. The van der Waals surface area contributed by atoms with Gasteiger partial charge in [-0.2, -0.15) is 0 Å². The fourth-order valence-electron chi connectivity index (χ4n) is 1.12. The first-order valence-corrected chi connectivity index (χ1v) is 4.27. The summed E-state index contributed by atoms with van der Waals surface area (Å²) in [5.41, 5.74) is 7.26. The lowest BCUT2D eigenvalue weighted by atomic mass is 10.0. The van der Waals surface area contributed by atoms with E-state index in [1.165, 1.54) is 0 Å². The van der Waals surface area contributed by atoms with E-state index in [0.717, 1.165) is 5.56 Å². The quantitative estimate of drug-likeness (QED) is 0.678. The van der Waals surface area contributed by atoms with Crippen molar-refractivity contribution in [3.8, 4) is 0 Å². The number of rotatable bonds is 3. The van der Waals surface area contributed by atoms with Gasteiger partial charge in [-0.15, -0.1) is 0 Å². The highest BCUT2D eigenvalue weighted by molar-refractivity contribution is 5.97. The number of benzene rings is 1. The molecule has 0 heterocycles. The highest BCUT2D eigenvalue weighted by Gasteiger charge is 2.07. The second-order valence-electron chi connectivity index (χ2n) is 2.84. The van der Waals surface area contributed by atoms with Crippen molar-refractivity contribution in [2.24, 2.45) is 5.73 Å². The van der Waals surface area contributed by atoms with Crippen LogP contribution >= 0.6 is 0 Å². The Labute approximate surface area is 78.6 Å². The smallest absolute Gasteiger partial charge is 0.0719 e. The number of allylic oxidation sites excluding steroid dienone is 1. The van der Waals surface area contributed by atoms with E-state index in [2.05, 4.69) is 0 Å². The number of hydrogen-bond donors (Lipinski definition) is 2. The van der Waals surface area contributed by atoms with Crippen molar-refractivity contribution in [1.29, 1.82) is 5.41 Å². The van der Waals surface area contributed by atoms with E-state index in [4.69, 9.17) is 11.1 Å². The third-order valence-corrected chi connectivity index (χ3v) is 1.84. The van der Waals surface area contributed by atoms with Crippen LogP contribution in [0.1, 0.15) is 18.5 Å². The van der Waals surface area contributed by atoms with Crippen LogP contribution in [0, 0.1) is 5.41 Å². The maximum absolute atomic E-state index is 7.62. The van der Waals surface area contributed by atoms with E-state index < -0.39 is 0 Å². The van der Waals surface area contributed by atoms with Gasteiger partial charge < -0.3 is 11.1 Å². The average molecular weight is 174 g/mol. The molecule has 2 heteroatoms. The van der Waals surface area contributed by atoms with Crippen molar-refractivity contribution in [1.82, 2.24) is 0 Å². The third-order valence-electron chi connectivity index (χ3n) is 1.84. The molecule has 2 nitrogen and oxygen atoms in total. The molecule has 0 radical (unpaired) electrons. The van der Waals surface area contributed by atoms with E-state index in [0.29, 0.717) is 5.71 Å². The highest BCUT2D eigenvalue weighted by atomic mass is 14.7. The molecule has 0 aliphatic rings. The highest BCUT2D eigenvalue weighted by Crippen LogP contribution is 2.10. The molecule has 1 rings (SSSR count).